The van der Waals surface area contributed by atoms with Gasteiger partial charge < -0.3 is 0 Å². The highest BCUT2D eigenvalue weighted by molar-refractivity contribution is 9.10. The second-order valence-corrected chi connectivity index (χ2v) is 4.95. The topological polar surface area (TPSA) is 47.8 Å². The predicted molar refractivity (Wildman–Crippen MR) is 72.4 cm³/mol. The number of aryl methyl sites for hydroxylation is 1. The van der Waals surface area contributed by atoms with Crippen molar-refractivity contribution in [2.75, 3.05) is 0 Å². The zero-order valence-electron chi connectivity index (χ0n) is 10.4. The molecule has 0 atom stereocenters. The van der Waals surface area contributed by atoms with Crippen LogP contribution in [0.1, 0.15) is 29.5 Å². The molecule has 1 aromatic carbocycles. The fourth-order valence-corrected chi connectivity index (χ4v) is 2.38. The van der Waals surface area contributed by atoms with Crippen molar-refractivity contribution in [3.05, 3.63) is 46.2 Å². The standard InChI is InChI=1S/C13H13BrFN3O/c1-2-6-18-12(16-8-17-18)7-11(19)13-9(14)4-3-5-10(13)15/h3-5,8H,2,6-7H2,1H3. The molecule has 100 valence electrons. The summed E-state index contributed by atoms with van der Waals surface area (Å²) in [5.41, 5.74) is 0.0635. The third kappa shape index (κ3) is 3.07. The number of Topliss-reactive ketones (excluding diaryl/α,β-unsaturated/α-hetero) is 1. The summed E-state index contributed by atoms with van der Waals surface area (Å²) in [5.74, 6) is -0.279. The van der Waals surface area contributed by atoms with E-state index in [2.05, 4.69) is 26.0 Å². The first-order valence-electron chi connectivity index (χ1n) is 5.97. The van der Waals surface area contributed by atoms with E-state index < -0.39 is 5.82 Å². The Morgan fingerprint density at radius 3 is 2.95 bits per heavy atom. The summed E-state index contributed by atoms with van der Waals surface area (Å²) in [6.45, 7) is 2.71. The molecule has 0 aliphatic carbocycles. The minimum atomic E-state index is -0.527. The van der Waals surface area contributed by atoms with Gasteiger partial charge in [-0.3, -0.25) is 4.79 Å². The summed E-state index contributed by atoms with van der Waals surface area (Å²) in [6, 6.07) is 4.47. The van der Waals surface area contributed by atoms with Crippen LogP contribution in [0, 0.1) is 5.82 Å². The van der Waals surface area contributed by atoms with E-state index in [1.807, 2.05) is 6.92 Å². The predicted octanol–water partition coefficient (Wildman–Crippen LogP) is 3.02. The molecule has 0 amide bonds. The summed E-state index contributed by atoms with van der Waals surface area (Å²) < 4.78 is 15.8. The van der Waals surface area contributed by atoms with Crippen LogP contribution < -0.4 is 0 Å². The molecule has 0 unspecified atom stereocenters. The average Bonchev–Trinajstić information content (AvgIpc) is 2.77. The van der Waals surface area contributed by atoms with Crippen molar-refractivity contribution in [1.82, 2.24) is 14.8 Å². The molecule has 4 nitrogen and oxygen atoms in total. The number of nitrogens with zero attached hydrogens (tertiary/aromatic N) is 3. The highest BCUT2D eigenvalue weighted by atomic mass is 79.9. The van der Waals surface area contributed by atoms with Crippen LogP contribution in [0.25, 0.3) is 0 Å². The molecule has 0 fully saturated rings. The summed E-state index contributed by atoms with van der Waals surface area (Å²) >= 11 is 3.20. The quantitative estimate of drug-likeness (QED) is 0.794. The molecule has 0 N–H and O–H groups in total. The summed E-state index contributed by atoms with van der Waals surface area (Å²) in [7, 11) is 0. The molecule has 0 radical (unpaired) electrons. The van der Waals surface area contributed by atoms with Gasteiger partial charge >= 0.3 is 0 Å². The first kappa shape index (κ1) is 13.9. The van der Waals surface area contributed by atoms with Crippen LogP contribution >= 0.6 is 15.9 Å². The van der Waals surface area contributed by atoms with Crippen molar-refractivity contribution in [2.45, 2.75) is 26.3 Å². The number of hydrogen-bond acceptors (Lipinski definition) is 3. The lowest BCUT2D eigenvalue weighted by Crippen LogP contribution is -2.13. The van der Waals surface area contributed by atoms with Crippen LogP contribution in [-0.4, -0.2) is 20.5 Å². The number of carbonyl (C=O) groups excluding carboxylic acids is 1. The largest absolute Gasteiger partial charge is 0.294 e. The monoisotopic (exact) mass is 325 g/mol. The van der Waals surface area contributed by atoms with Crippen molar-refractivity contribution < 1.29 is 9.18 Å². The number of benzene rings is 1. The van der Waals surface area contributed by atoms with Crippen LogP contribution in [0.5, 0.6) is 0 Å². The van der Waals surface area contributed by atoms with E-state index in [9.17, 15) is 9.18 Å². The smallest absolute Gasteiger partial charge is 0.174 e. The van der Waals surface area contributed by atoms with Crippen molar-refractivity contribution in [1.29, 1.82) is 0 Å². The van der Waals surface area contributed by atoms with Crippen molar-refractivity contribution in [2.24, 2.45) is 0 Å². The fourth-order valence-electron chi connectivity index (χ4n) is 1.82. The molecule has 0 aliphatic rings. The molecule has 0 saturated heterocycles. The molecule has 19 heavy (non-hydrogen) atoms. The van der Waals surface area contributed by atoms with Gasteiger partial charge in [-0.15, -0.1) is 0 Å². The number of ketones is 1. The minimum Gasteiger partial charge on any atom is -0.294 e. The van der Waals surface area contributed by atoms with Crippen LogP contribution in [-0.2, 0) is 13.0 Å². The Labute approximate surface area is 118 Å². The lowest BCUT2D eigenvalue weighted by Gasteiger charge is -2.06. The van der Waals surface area contributed by atoms with E-state index in [1.54, 1.807) is 16.8 Å². The molecular formula is C13H13BrFN3O. The van der Waals surface area contributed by atoms with Gasteiger partial charge in [0.2, 0.25) is 0 Å². The third-order valence-electron chi connectivity index (χ3n) is 2.69. The number of hydrogen-bond donors (Lipinski definition) is 0. The van der Waals surface area contributed by atoms with E-state index in [-0.39, 0.29) is 17.8 Å². The molecule has 0 bridgehead atoms. The minimum absolute atomic E-state index is 0.0412. The molecular weight excluding hydrogens is 313 g/mol. The normalized spacial score (nSPS) is 10.7. The first-order chi connectivity index (χ1) is 9.13. The number of halogens is 2. The third-order valence-corrected chi connectivity index (χ3v) is 3.35. The van der Waals surface area contributed by atoms with Crippen LogP contribution in [0.2, 0.25) is 0 Å². The number of rotatable bonds is 5. The fraction of sp³-hybridized carbons (Fsp3) is 0.308. The van der Waals surface area contributed by atoms with E-state index in [4.69, 9.17) is 0 Å². The lowest BCUT2D eigenvalue weighted by molar-refractivity contribution is 0.0984. The lowest BCUT2D eigenvalue weighted by atomic mass is 10.1. The van der Waals surface area contributed by atoms with E-state index >= 15 is 0 Å². The second-order valence-electron chi connectivity index (χ2n) is 4.10. The van der Waals surface area contributed by atoms with Gasteiger partial charge in [-0.25, -0.2) is 14.1 Å². The molecule has 0 saturated carbocycles. The van der Waals surface area contributed by atoms with E-state index in [0.717, 1.165) is 6.42 Å². The van der Waals surface area contributed by atoms with Gasteiger partial charge in [-0.1, -0.05) is 13.0 Å². The molecule has 6 heteroatoms. The molecule has 0 spiro atoms. The zero-order chi connectivity index (χ0) is 13.8. The summed E-state index contributed by atoms with van der Waals surface area (Å²) in [6.07, 6.45) is 2.35. The van der Waals surface area contributed by atoms with E-state index in [0.29, 0.717) is 16.8 Å². The Balaban J connectivity index is 2.24. The Kier molecular flexibility index (Phi) is 4.42. The van der Waals surface area contributed by atoms with Crippen LogP contribution in [0.15, 0.2) is 29.0 Å². The number of carbonyl (C=O) groups is 1. The summed E-state index contributed by atoms with van der Waals surface area (Å²) in [5, 5.41) is 4.05. The maximum absolute atomic E-state index is 13.7. The Morgan fingerprint density at radius 1 is 1.47 bits per heavy atom. The maximum atomic E-state index is 13.7. The SMILES string of the molecule is CCCn1ncnc1CC(=O)c1c(F)cccc1Br. The average molecular weight is 326 g/mol. The maximum Gasteiger partial charge on any atom is 0.174 e. The Bertz CT molecular complexity index is 577. The molecule has 2 aromatic rings. The van der Waals surface area contributed by atoms with Crippen molar-refractivity contribution in [3.8, 4) is 0 Å². The highest BCUT2D eigenvalue weighted by Gasteiger charge is 2.18. The molecule has 1 aromatic heterocycles. The first-order valence-corrected chi connectivity index (χ1v) is 6.76. The van der Waals surface area contributed by atoms with Gasteiger partial charge in [0.1, 0.15) is 18.0 Å². The second kappa shape index (κ2) is 6.06. The van der Waals surface area contributed by atoms with Gasteiger partial charge in [0.15, 0.2) is 5.78 Å². The van der Waals surface area contributed by atoms with E-state index in [1.165, 1.54) is 12.4 Å². The zero-order valence-corrected chi connectivity index (χ0v) is 12.0. The van der Waals surface area contributed by atoms with Crippen molar-refractivity contribution >= 4 is 21.7 Å². The van der Waals surface area contributed by atoms with Gasteiger partial charge in [0, 0.05) is 11.0 Å². The molecule has 0 aliphatic heterocycles. The summed E-state index contributed by atoms with van der Waals surface area (Å²) in [4.78, 5) is 16.2. The van der Waals surface area contributed by atoms with Crippen LogP contribution in [0.4, 0.5) is 4.39 Å². The van der Waals surface area contributed by atoms with Gasteiger partial charge in [-0.2, -0.15) is 5.10 Å². The Morgan fingerprint density at radius 2 is 2.26 bits per heavy atom. The van der Waals surface area contributed by atoms with Crippen molar-refractivity contribution in [3.63, 3.8) is 0 Å². The van der Waals surface area contributed by atoms with Gasteiger partial charge in [-0.05, 0) is 34.5 Å². The number of aromatic nitrogens is 3. The molecule has 1 heterocycles. The van der Waals surface area contributed by atoms with Crippen LogP contribution in [0.3, 0.4) is 0 Å². The highest BCUT2D eigenvalue weighted by Crippen LogP contribution is 2.21. The van der Waals surface area contributed by atoms with Gasteiger partial charge in [0.25, 0.3) is 0 Å². The Hall–Kier alpha value is -1.56. The molecule has 2 rings (SSSR count). The van der Waals surface area contributed by atoms with Gasteiger partial charge in [0.05, 0.1) is 12.0 Å².